The summed E-state index contributed by atoms with van der Waals surface area (Å²) in [6, 6.07) is 8.40. The fourth-order valence-corrected chi connectivity index (χ4v) is 2.44. The fourth-order valence-electron chi connectivity index (χ4n) is 2.44. The Kier molecular flexibility index (Phi) is 2.97. The van der Waals surface area contributed by atoms with E-state index in [1.807, 2.05) is 6.92 Å². The van der Waals surface area contributed by atoms with Gasteiger partial charge < -0.3 is 15.2 Å². The van der Waals surface area contributed by atoms with Crippen LogP contribution in [0.3, 0.4) is 0 Å². The van der Waals surface area contributed by atoms with Gasteiger partial charge in [-0.1, -0.05) is 29.8 Å². The number of ketones is 1. The maximum atomic E-state index is 11.4. The van der Waals surface area contributed by atoms with Crippen molar-refractivity contribution in [3.05, 3.63) is 46.8 Å². The van der Waals surface area contributed by atoms with Crippen molar-refractivity contribution in [1.82, 2.24) is 5.32 Å². The van der Waals surface area contributed by atoms with Crippen molar-refractivity contribution in [2.45, 2.75) is 25.3 Å². The van der Waals surface area contributed by atoms with Crippen LogP contribution in [-0.2, 0) is 14.3 Å². The van der Waals surface area contributed by atoms with Crippen LogP contribution >= 0.6 is 0 Å². The molecule has 1 aliphatic heterocycles. The second-order valence-electron chi connectivity index (χ2n) is 5.22. The molecule has 2 N–H and O–H groups in total. The molecule has 5 nitrogen and oxygen atoms in total. The highest BCUT2D eigenvalue weighted by molar-refractivity contribution is 6.18. The number of hydrogen-bond acceptors (Lipinski definition) is 4. The van der Waals surface area contributed by atoms with Crippen molar-refractivity contribution in [1.29, 1.82) is 0 Å². The van der Waals surface area contributed by atoms with Crippen LogP contribution in [0.5, 0.6) is 0 Å². The van der Waals surface area contributed by atoms with Crippen LogP contribution in [0, 0.1) is 6.92 Å². The Morgan fingerprint density at radius 3 is 2.70 bits per heavy atom. The summed E-state index contributed by atoms with van der Waals surface area (Å²) in [5.74, 6) is -1.25. The Hall–Kier alpha value is -2.30. The fraction of sp³-hybridized carbons (Fsp3) is 0.333. The molecule has 5 heteroatoms. The summed E-state index contributed by atoms with van der Waals surface area (Å²) in [6.45, 7) is 1.85. The zero-order chi connectivity index (χ0) is 14.3. The topological polar surface area (TPSA) is 75.6 Å². The Morgan fingerprint density at radius 1 is 1.35 bits per heavy atom. The van der Waals surface area contributed by atoms with Crippen LogP contribution in [0.15, 0.2) is 35.7 Å². The summed E-state index contributed by atoms with van der Waals surface area (Å²) in [5.41, 5.74) is 2.16. The van der Waals surface area contributed by atoms with Crippen molar-refractivity contribution in [2.75, 3.05) is 6.61 Å². The molecule has 0 saturated heterocycles. The van der Waals surface area contributed by atoms with Gasteiger partial charge in [-0.25, -0.2) is 4.79 Å². The van der Waals surface area contributed by atoms with Gasteiger partial charge in [0, 0.05) is 12.0 Å². The van der Waals surface area contributed by atoms with Gasteiger partial charge in [0.25, 0.3) is 0 Å². The lowest BCUT2D eigenvalue weighted by Gasteiger charge is -2.07. The predicted octanol–water partition coefficient (Wildman–Crippen LogP) is 1.34. The van der Waals surface area contributed by atoms with Gasteiger partial charge in [0.2, 0.25) is 11.7 Å². The van der Waals surface area contributed by atoms with E-state index in [9.17, 15) is 9.59 Å². The van der Waals surface area contributed by atoms with Crippen LogP contribution in [0.4, 0.5) is 0 Å². The first-order chi connectivity index (χ1) is 9.56. The normalized spacial score (nSPS) is 24.6. The van der Waals surface area contributed by atoms with Gasteiger partial charge in [0.15, 0.2) is 12.2 Å². The average Bonchev–Trinajstić information content (AvgIpc) is 3.06. The lowest BCUT2D eigenvalue weighted by molar-refractivity contribution is -0.134. The first-order valence-corrected chi connectivity index (χ1v) is 6.53. The zero-order valence-corrected chi connectivity index (χ0v) is 11.1. The number of carboxylic acid groups (broad SMARTS) is 1. The molecule has 0 amide bonds. The van der Waals surface area contributed by atoms with Gasteiger partial charge in [-0.15, -0.1) is 0 Å². The number of carbonyl (C=O) groups excluding carboxylic acids is 1. The Bertz CT molecular complexity index is 603. The first-order valence-electron chi connectivity index (χ1n) is 6.53. The molecule has 0 bridgehead atoms. The van der Waals surface area contributed by atoms with E-state index >= 15 is 0 Å². The molecule has 1 saturated carbocycles. The standard InChI is InChI=1S/C15H15NO4/c1-8-2-4-9(5-3-8)10-6-11(10)16-14-13(15(18)19)12(17)7-20-14/h2-5,10-11,16H,6-7H2,1H3,(H,18,19). The van der Waals surface area contributed by atoms with E-state index in [2.05, 4.69) is 29.6 Å². The van der Waals surface area contributed by atoms with Crippen LogP contribution in [0.1, 0.15) is 23.5 Å². The molecule has 2 aliphatic rings. The number of carboxylic acids is 1. The Balaban J connectivity index is 1.70. The highest BCUT2D eigenvalue weighted by Gasteiger charge is 2.41. The number of ether oxygens (including phenoxy) is 1. The smallest absolute Gasteiger partial charge is 0.344 e. The van der Waals surface area contributed by atoms with E-state index in [4.69, 9.17) is 9.84 Å². The summed E-state index contributed by atoms with van der Waals surface area (Å²) in [5, 5.41) is 12.0. The predicted molar refractivity (Wildman–Crippen MR) is 71.1 cm³/mol. The lowest BCUT2D eigenvalue weighted by atomic mass is 10.1. The highest BCUT2D eigenvalue weighted by Crippen LogP contribution is 2.41. The van der Waals surface area contributed by atoms with Gasteiger partial charge in [0.05, 0.1) is 0 Å². The average molecular weight is 273 g/mol. The number of nitrogens with one attached hydrogen (secondary N) is 1. The van der Waals surface area contributed by atoms with E-state index in [-0.39, 0.29) is 24.1 Å². The molecule has 20 heavy (non-hydrogen) atoms. The molecule has 1 aromatic carbocycles. The van der Waals surface area contributed by atoms with Crippen molar-refractivity contribution < 1.29 is 19.4 Å². The van der Waals surface area contributed by atoms with Crippen LogP contribution in [0.25, 0.3) is 0 Å². The molecule has 0 radical (unpaired) electrons. The molecule has 1 fully saturated rings. The van der Waals surface area contributed by atoms with E-state index in [1.165, 1.54) is 11.1 Å². The highest BCUT2D eigenvalue weighted by atomic mass is 16.5. The van der Waals surface area contributed by atoms with Crippen LogP contribution in [-0.4, -0.2) is 29.5 Å². The molecule has 0 spiro atoms. The van der Waals surface area contributed by atoms with E-state index < -0.39 is 11.8 Å². The van der Waals surface area contributed by atoms with Crippen molar-refractivity contribution in [3.63, 3.8) is 0 Å². The van der Waals surface area contributed by atoms with Gasteiger partial charge in [-0.3, -0.25) is 4.79 Å². The minimum Gasteiger partial charge on any atom is -0.477 e. The SMILES string of the molecule is Cc1ccc(C2CC2NC2=C(C(=O)O)C(=O)CO2)cc1. The molecule has 104 valence electrons. The molecule has 2 atom stereocenters. The largest absolute Gasteiger partial charge is 0.477 e. The molecule has 0 aromatic heterocycles. The molecule has 2 unspecified atom stereocenters. The molecule has 1 heterocycles. The minimum atomic E-state index is -1.23. The molecular weight excluding hydrogens is 258 g/mol. The number of rotatable bonds is 4. The molecule has 1 aliphatic carbocycles. The monoisotopic (exact) mass is 273 g/mol. The maximum absolute atomic E-state index is 11.4. The summed E-state index contributed by atoms with van der Waals surface area (Å²) in [4.78, 5) is 22.4. The molecule has 1 aromatic rings. The number of Topliss-reactive ketones (excluding diaryl/α,β-unsaturated/α-hetero) is 1. The summed E-state index contributed by atoms with van der Waals surface area (Å²) in [6.07, 6.45) is 0.914. The third-order valence-electron chi connectivity index (χ3n) is 3.68. The Morgan fingerprint density at radius 2 is 2.05 bits per heavy atom. The number of hydrogen-bond donors (Lipinski definition) is 2. The van der Waals surface area contributed by atoms with Crippen LogP contribution < -0.4 is 5.32 Å². The molecule has 3 rings (SSSR count). The van der Waals surface area contributed by atoms with E-state index in [1.54, 1.807) is 0 Å². The third-order valence-corrected chi connectivity index (χ3v) is 3.68. The lowest BCUT2D eigenvalue weighted by Crippen LogP contribution is -2.21. The number of benzene rings is 1. The first kappa shape index (κ1) is 12.7. The third kappa shape index (κ3) is 2.27. The van der Waals surface area contributed by atoms with Gasteiger partial charge >= 0.3 is 5.97 Å². The van der Waals surface area contributed by atoms with Gasteiger partial charge in [0.1, 0.15) is 0 Å². The quantitative estimate of drug-likeness (QED) is 0.810. The number of aryl methyl sites for hydroxylation is 1. The summed E-state index contributed by atoms with van der Waals surface area (Å²) >= 11 is 0. The van der Waals surface area contributed by atoms with E-state index in [0.717, 1.165) is 6.42 Å². The van der Waals surface area contributed by atoms with Crippen molar-refractivity contribution in [3.8, 4) is 0 Å². The van der Waals surface area contributed by atoms with E-state index in [0.29, 0.717) is 5.92 Å². The second-order valence-corrected chi connectivity index (χ2v) is 5.22. The maximum Gasteiger partial charge on any atom is 0.344 e. The minimum absolute atomic E-state index is 0.113. The van der Waals surface area contributed by atoms with Crippen molar-refractivity contribution in [2.24, 2.45) is 0 Å². The van der Waals surface area contributed by atoms with Gasteiger partial charge in [-0.05, 0) is 18.9 Å². The number of carbonyl (C=O) groups is 2. The second kappa shape index (κ2) is 4.67. The van der Waals surface area contributed by atoms with Crippen LogP contribution in [0.2, 0.25) is 0 Å². The summed E-state index contributed by atoms with van der Waals surface area (Å²) in [7, 11) is 0. The zero-order valence-electron chi connectivity index (χ0n) is 11.1. The number of aliphatic carboxylic acids is 1. The van der Waals surface area contributed by atoms with Gasteiger partial charge in [-0.2, -0.15) is 0 Å². The molecular formula is C15H15NO4. The Labute approximate surface area is 116 Å². The summed E-state index contributed by atoms with van der Waals surface area (Å²) < 4.78 is 5.13. The van der Waals surface area contributed by atoms with Crippen molar-refractivity contribution >= 4 is 11.8 Å².